The minimum absolute atomic E-state index is 0.0270. The third-order valence-electron chi connectivity index (χ3n) is 3.14. The van der Waals surface area contributed by atoms with Crippen molar-refractivity contribution in [2.24, 2.45) is 0 Å². The molecule has 0 saturated carbocycles. The lowest BCUT2D eigenvalue weighted by molar-refractivity contribution is 0.0472. The van der Waals surface area contributed by atoms with Gasteiger partial charge in [-0.15, -0.1) is 6.42 Å². The van der Waals surface area contributed by atoms with E-state index in [4.69, 9.17) is 22.8 Å². The van der Waals surface area contributed by atoms with Crippen LogP contribution in [0.2, 0.25) is 5.02 Å². The van der Waals surface area contributed by atoms with E-state index in [-0.39, 0.29) is 28.6 Å². The van der Waals surface area contributed by atoms with Gasteiger partial charge < -0.3 is 4.74 Å². The largest absolute Gasteiger partial charge is 0.457 e. The van der Waals surface area contributed by atoms with Gasteiger partial charge in [-0.25, -0.2) is 17.6 Å². The number of carbonyl (C=O) groups excluding carboxylic acids is 1. The smallest absolute Gasteiger partial charge is 0.338 e. The molecule has 130 valence electrons. The summed E-state index contributed by atoms with van der Waals surface area (Å²) in [6.45, 7) is -0.272. The van der Waals surface area contributed by atoms with Gasteiger partial charge in [0.15, 0.2) is 0 Å². The maximum atomic E-state index is 13.0. The second kappa shape index (κ2) is 8.12. The molecule has 0 aliphatic rings. The van der Waals surface area contributed by atoms with Crippen molar-refractivity contribution in [2.45, 2.75) is 11.5 Å². The number of carbonyl (C=O) groups is 1. The first-order valence-corrected chi connectivity index (χ1v) is 8.84. The van der Waals surface area contributed by atoms with Gasteiger partial charge in [-0.05, 0) is 36.4 Å². The molecule has 2 rings (SSSR count). The normalized spacial score (nSPS) is 10.9. The summed E-state index contributed by atoms with van der Waals surface area (Å²) in [6, 6.07) is 8.90. The SMILES string of the molecule is C#CCNS(=O)(=O)c1ccc(C(=O)OCc2ccc(F)cc2Cl)cc1. The van der Waals surface area contributed by atoms with Crippen LogP contribution in [0.25, 0.3) is 0 Å². The highest BCUT2D eigenvalue weighted by Crippen LogP contribution is 2.19. The van der Waals surface area contributed by atoms with Crippen molar-refractivity contribution >= 4 is 27.6 Å². The van der Waals surface area contributed by atoms with E-state index in [1.165, 1.54) is 36.4 Å². The third kappa shape index (κ3) is 5.03. The fourth-order valence-electron chi connectivity index (χ4n) is 1.86. The Balaban J connectivity index is 2.04. The van der Waals surface area contributed by atoms with Crippen LogP contribution >= 0.6 is 11.6 Å². The van der Waals surface area contributed by atoms with Gasteiger partial charge in [-0.1, -0.05) is 23.6 Å². The molecule has 2 aromatic carbocycles. The molecular formula is C17H13ClFNO4S. The van der Waals surface area contributed by atoms with E-state index in [0.29, 0.717) is 5.56 Å². The Kier molecular flexibility index (Phi) is 6.15. The molecule has 0 saturated heterocycles. The van der Waals surface area contributed by atoms with Gasteiger partial charge in [-0.3, -0.25) is 0 Å². The average Bonchev–Trinajstić information content (AvgIpc) is 2.59. The van der Waals surface area contributed by atoms with Gasteiger partial charge in [0.05, 0.1) is 22.0 Å². The van der Waals surface area contributed by atoms with Crippen LogP contribution in [0.5, 0.6) is 0 Å². The number of benzene rings is 2. The number of sulfonamides is 1. The zero-order chi connectivity index (χ0) is 18.4. The van der Waals surface area contributed by atoms with Crippen LogP contribution in [-0.4, -0.2) is 20.9 Å². The second-order valence-corrected chi connectivity index (χ2v) is 7.04. The van der Waals surface area contributed by atoms with Gasteiger partial charge in [0.2, 0.25) is 10.0 Å². The Labute approximate surface area is 149 Å². The summed E-state index contributed by atoms with van der Waals surface area (Å²) in [4.78, 5) is 12.0. The Hall–Kier alpha value is -2.40. The predicted octanol–water partition coefficient (Wildman–Crippen LogP) is 2.75. The van der Waals surface area contributed by atoms with Crippen LogP contribution in [0.3, 0.4) is 0 Å². The number of terminal acetylenes is 1. The van der Waals surface area contributed by atoms with Gasteiger partial charge in [-0.2, -0.15) is 4.72 Å². The maximum absolute atomic E-state index is 13.0. The molecule has 0 fully saturated rings. The number of nitrogens with one attached hydrogen (secondary N) is 1. The minimum atomic E-state index is -3.73. The van der Waals surface area contributed by atoms with Crippen molar-refractivity contribution in [3.63, 3.8) is 0 Å². The summed E-state index contributed by atoms with van der Waals surface area (Å²) in [7, 11) is -3.73. The Morgan fingerprint density at radius 1 is 1.24 bits per heavy atom. The standard InChI is InChI=1S/C17H13ClFNO4S/c1-2-9-20-25(22,23)15-7-4-12(5-8-15)17(21)24-11-13-3-6-14(19)10-16(13)18/h1,3-8,10,20H,9,11H2. The zero-order valence-electron chi connectivity index (χ0n) is 12.8. The van der Waals surface area contributed by atoms with Crippen LogP contribution in [0.1, 0.15) is 15.9 Å². The number of hydrogen-bond donors (Lipinski definition) is 1. The van der Waals surface area contributed by atoms with Crippen LogP contribution in [0.4, 0.5) is 4.39 Å². The van der Waals surface area contributed by atoms with Crippen molar-refractivity contribution in [1.29, 1.82) is 0 Å². The number of ether oxygens (including phenoxy) is 1. The molecule has 0 radical (unpaired) electrons. The monoisotopic (exact) mass is 381 g/mol. The predicted molar refractivity (Wildman–Crippen MR) is 91.0 cm³/mol. The second-order valence-electron chi connectivity index (χ2n) is 4.86. The fourth-order valence-corrected chi connectivity index (χ4v) is 3.01. The number of halogens is 2. The summed E-state index contributed by atoms with van der Waals surface area (Å²) < 4.78 is 44.0. The van der Waals surface area contributed by atoms with Crippen LogP contribution in [0.15, 0.2) is 47.4 Å². The molecule has 0 atom stereocenters. The van der Waals surface area contributed by atoms with E-state index in [1.807, 2.05) is 0 Å². The van der Waals surface area contributed by atoms with Crippen LogP contribution in [-0.2, 0) is 21.4 Å². The lowest BCUT2D eigenvalue weighted by Crippen LogP contribution is -2.23. The summed E-state index contributed by atoms with van der Waals surface area (Å²) >= 11 is 5.85. The lowest BCUT2D eigenvalue weighted by atomic mass is 10.2. The lowest BCUT2D eigenvalue weighted by Gasteiger charge is -2.08. The first-order valence-electron chi connectivity index (χ1n) is 6.98. The first-order chi connectivity index (χ1) is 11.8. The van der Waals surface area contributed by atoms with E-state index < -0.39 is 21.8 Å². The van der Waals surface area contributed by atoms with Gasteiger partial charge in [0, 0.05) is 5.56 Å². The summed E-state index contributed by atoms with van der Waals surface area (Å²) in [5.41, 5.74) is 0.614. The molecule has 0 bridgehead atoms. The highest BCUT2D eigenvalue weighted by atomic mass is 35.5. The minimum Gasteiger partial charge on any atom is -0.457 e. The molecule has 0 spiro atoms. The number of esters is 1. The topological polar surface area (TPSA) is 72.5 Å². The molecule has 0 heterocycles. The molecule has 0 aromatic heterocycles. The molecular weight excluding hydrogens is 369 g/mol. The summed E-state index contributed by atoms with van der Waals surface area (Å²) in [6.07, 6.45) is 5.01. The van der Waals surface area contributed by atoms with E-state index in [1.54, 1.807) is 0 Å². The molecule has 0 aliphatic heterocycles. The van der Waals surface area contributed by atoms with Gasteiger partial charge in [0.1, 0.15) is 12.4 Å². The van der Waals surface area contributed by atoms with Crippen molar-refractivity contribution in [3.8, 4) is 12.3 Å². The Morgan fingerprint density at radius 3 is 2.52 bits per heavy atom. The fraction of sp³-hybridized carbons (Fsp3) is 0.118. The van der Waals surface area contributed by atoms with E-state index in [0.717, 1.165) is 6.07 Å². The van der Waals surface area contributed by atoms with Gasteiger partial charge in [0.25, 0.3) is 0 Å². The van der Waals surface area contributed by atoms with Crippen molar-refractivity contribution in [3.05, 3.63) is 64.4 Å². The van der Waals surface area contributed by atoms with Crippen molar-refractivity contribution in [2.75, 3.05) is 6.54 Å². The molecule has 0 unspecified atom stereocenters. The zero-order valence-corrected chi connectivity index (χ0v) is 14.4. The summed E-state index contributed by atoms with van der Waals surface area (Å²) in [5, 5.41) is 0.147. The van der Waals surface area contributed by atoms with E-state index in [9.17, 15) is 17.6 Å². The molecule has 1 N–H and O–H groups in total. The van der Waals surface area contributed by atoms with Gasteiger partial charge >= 0.3 is 5.97 Å². The first kappa shape index (κ1) is 18.9. The van der Waals surface area contributed by atoms with E-state index >= 15 is 0 Å². The molecule has 8 heteroatoms. The highest BCUT2D eigenvalue weighted by molar-refractivity contribution is 7.89. The third-order valence-corrected chi connectivity index (χ3v) is 4.91. The molecule has 2 aromatic rings. The van der Waals surface area contributed by atoms with Crippen molar-refractivity contribution < 1.29 is 22.3 Å². The molecule has 0 amide bonds. The van der Waals surface area contributed by atoms with E-state index in [2.05, 4.69) is 10.6 Å². The molecule has 25 heavy (non-hydrogen) atoms. The molecule has 0 aliphatic carbocycles. The Bertz CT molecular complexity index is 921. The van der Waals surface area contributed by atoms with Crippen LogP contribution in [0, 0.1) is 18.2 Å². The van der Waals surface area contributed by atoms with Crippen molar-refractivity contribution in [1.82, 2.24) is 4.72 Å². The average molecular weight is 382 g/mol. The molecule has 5 nitrogen and oxygen atoms in total. The highest BCUT2D eigenvalue weighted by Gasteiger charge is 2.15. The number of rotatable bonds is 6. The maximum Gasteiger partial charge on any atom is 0.338 e. The summed E-state index contributed by atoms with van der Waals surface area (Å²) in [5.74, 6) is 1.01. The number of hydrogen-bond acceptors (Lipinski definition) is 4. The van der Waals surface area contributed by atoms with Crippen LogP contribution < -0.4 is 4.72 Å². The quantitative estimate of drug-likeness (QED) is 0.617. The Morgan fingerprint density at radius 2 is 1.92 bits per heavy atom.